The quantitative estimate of drug-likeness (QED) is 0.258. The van der Waals surface area contributed by atoms with E-state index in [0.717, 1.165) is 72.1 Å². The highest BCUT2D eigenvalue weighted by molar-refractivity contribution is 5.95. The summed E-state index contributed by atoms with van der Waals surface area (Å²) >= 11 is 0. The van der Waals surface area contributed by atoms with Crippen LogP contribution in [0.25, 0.3) is 11.0 Å². The fraction of sp³-hybridized carbons (Fsp3) is 0.500. The fourth-order valence-corrected chi connectivity index (χ4v) is 4.72. The van der Waals surface area contributed by atoms with Gasteiger partial charge in [0.2, 0.25) is 0 Å². The van der Waals surface area contributed by atoms with Gasteiger partial charge in [0.25, 0.3) is 5.91 Å². The number of nitrogens with zero attached hydrogens (tertiary/aromatic N) is 4. The van der Waals surface area contributed by atoms with Gasteiger partial charge >= 0.3 is 24.3 Å². The molecule has 0 radical (unpaired) electrons. The van der Waals surface area contributed by atoms with E-state index < -0.39 is 24.3 Å². The Labute approximate surface area is 260 Å². The topological polar surface area (TPSA) is 138 Å². The summed E-state index contributed by atoms with van der Waals surface area (Å²) in [5.41, 5.74) is 5.11. The molecule has 0 spiro atoms. The van der Waals surface area contributed by atoms with E-state index in [-0.39, 0.29) is 5.91 Å². The van der Waals surface area contributed by atoms with Crippen molar-refractivity contribution in [3.63, 3.8) is 0 Å². The molecule has 1 amide bonds. The molecule has 1 aliphatic carbocycles. The summed E-state index contributed by atoms with van der Waals surface area (Å²) in [4.78, 5) is 42.6. The Balaban J connectivity index is 0.000000345. The number of anilines is 1. The van der Waals surface area contributed by atoms with E-state index in [1.807, 2.05) is 42.4 Å². The highest BCUT2D eigenvalue weighted by Gasteiger charge is 2.39. The summed E-state index contributed by atoms with van der Waals surface area (Å²) < 4.78 is 65.7. The van der Waals surface area contributed by atoms with Crippen LogP contribution >= 0.6 is 0 Å². The minimum atomic E-state index is -5.08. The predicted octanol–water partition coefficient (Wildman–Crippen LogP) is 6.43. The molecule has 0 atom stereocenters. The first-order chi connectivity index (χ1) is 21.4. The van der Waals surface area contributed by atoms with Crippen molar-refractivity contribution in [2.45, 2.75) is 70.8 Å². The van der Waals surface area contributed by atoms with Crippen molar-refractivity contribution in [1.29, 1.82) is 0 Å². The molecule has 3 heterocycles. The van der Waals surface area contributed by atoms with Crippen molar-refractivity contribution < 1.29 is 50.9 Å². The van der Waals surface area contributed by atoms with Gasteiger partial charge in [-0.15, -0.1) is 0 Å². The summed E-state index contributed by atoms with van der Waals surface area (Å²) in [7, 11) is 0. The number of carbonyl (C=O) groups is 3. The molecule has 5 rings (SSSR count). The Morgan fingerprint density at radius 2 is 1.50 bits per heavy atom. The van der Waals surface area contributed by atoms with Crippen molar-refractivity contribution in [3.8, 4) is 0 Å². The van der Waals surface area contributed by atoms with Crippen LogP contribution in [0.1, 0.15) is 73.1 Å². The van der Waals surface area contributed by atoms with Gasteiger partial charge in [-0.3, -0.25) is 4.79 Å². The number of piperidine rings is 1. The lowest BCUT2D eigenvalue weighted by Gasteiger charge is -2.32. The molecule has 16 heteroatoms. The number of benzene rings is 1. The van der Waals surface area contributed by atoms with Gasteiger partial charge in [-0.1, -0.05) is 18.2 Å². The van der Waals surface area contributed by atoms with Crippen LogP contribution in [-0.2, 0) is 9.59 Å². The van der Waals surface area contributed by atoms with Crippen molar-refractivity contribution in [2.75, 3.05) is 25.0 Å². The molecule has 3 aromatic rings. The third-order valence-corrected chi connectivity index (χ3v) is 7.45. The Morgan fingerprint density at radius 3 is 1.98 bits per heavy atom. The predicted molar refractivity (Wildman–Crippen MR) is 156 cm³/mol. The maximum absolute atomic E-state index is 13.0. The number of aryl methyl sites for hydroxylation is 1. The standard InChI is InChI=1S/C26H33N5O.2C2HF3O2/c1-17(2)31-16-28-24-23(31)14-22(29-25(24)27-15-19-8-9-19)20-10-12-30(13-11-20)26(32)21-7-5-4-6-18(21)3;2*3-2(4,5)1(6)7/h4-7,14,16-17,19-20H,8-13,15H2,1-3H3,(H,27,29);2*(H,6,7). The lowest BCUT2D eigenvalue weighted by atomic mass is 9.92. The number of imidazole rings is 1. The van der Waals surface area contributed by atoms with Crippen LogP contribution in [0.5, 0.6) is 0 Å². The molecular weight excluding hydrogens is 624 g/mol. The molecule has 0 bridgehead atoms. The Hall–Kier alpha value is -4.37. The number of pyridine rings is 1. The number of likely N-dealkylation sites (tertiary alicyclic amines) is 1. The van der Waals surface area contributed by atoms with E-state index >= 15 is 0 Å². The fourth-order valence-electron chi connectivity index (χ4n) is 4.72. The number of aliphatic carboxylic acids is 2. The van der Waals surface area contributed by atoms with Crippen LogP contribution in [0.2, 0.25) is 0 Å². The number of carbonyl (C=O) groups excluding carboxylic acids is 1. The maximum Gasteiger partial charge on any atom is 0.490 e. The number of alkyl halides is 6. The summed E-state index contributed by atoms with van der Waals surface area (Å²) in [6.07, 6.45) is -3.73. The minimum absolute atomic E-state index is 0.148. The molecule has 2 aromatic heterocycles. The lowest BCUT2D eigenvalue weighted by molar-refractivity contribution is -0.193. The van der Waals surface area contributed by atoms with Crippen LogP contribution in [0, 0.1) is 12.8 Å². The smallest absolute Gasteiger partial charge is 0.475 e. The first kappa shape index (κ1) is 36.1. The average molecular weight is 660 g/mol. The van der Waals surface area contributed by atoms with Crippen molar-refractivity contribution in [1.82, 2.24) is 19.4 Å². The number of rotatable bonds is 6. The number of amides is 1. The second kappa shape index (κ2) is 14.8. The zero-order chi connectivity index (χ0) is 34.4. The third kappa shape index (κ3) is 9.81. The zero-order valence-electron chi connectivity index (χ0n) is 25.3. The molecule has 1 aliphatic heterocycles. The van der Waals surface area contributed by atoms with E-state index in [9.17, 15) is 31.1 Å². The average Bonchev–Trinajstić information content (AvgIpc) is 3.71. The maximum atomic E-state index is 13.0. The Bertz CT molecular complexity index is 1500. The molecule has 252 valence electrons. The molecule has 46 heavy (non-hydrogen) atoms. The molecule has 1 saturated carbocycles. The number of carboxylic acids is 2. The lowest BCUT2D eigenvalue weighted by Crippen LogP contribution is -2.38. The molecule has 0 unspecified atom stereocenters. The number of fused-ring (bicyclic) bond motifs is 1. The molecular formula is C30H35F6N5O5. The summed E-state index contributed by atoms with van der Waals surface area (Å²) in [5, 5.41) is 17.8. The summed E-state index contributed by atoms with van der Waals surface area (Å²) in [6.45, 7) is 8.90. The van der Waals surface area contributed by atoms with Gasteiger partial charge < -0.3 is 25.0 Å². The third-order valence-electron chi connectivity index (χ3n) is 7.45. The van der Waals surface area contributed by atoms with Crippen LogP contribution in [0.4, 0.5) is 32.2 Å². The van der Waals surface area contributed by atoms with Gasteiger partial charge in [-0.05, 0) is 70.1 Å². The summed E-state index contributed by atoms with van der Waals surface area (Å²) in [6, 6.07) is 10.4. The number of hydrogen-bond acceptors (Lipinski definition) is 6. The molecule has 1 aromatic carbocycles. The second-order valence-corrected chi connectivity index (χ2v) is 11.3. The first-order valence-electron chi connectivity index (χ1n) is 14.5. The molecule has 1 saturated heterocycles. The van der Waals surface area contributed by atoms with Gasteiger partial charge in [0.15, 0.2) is 5.82 Å². The van der Waals surface area contributed by atoms with E-state index in [4.69, 9.17) is 24.8 Å². The van der Waals surface area contributed by atoms with E-state index in [1.165, 1.54) is 12.8 Å². The number of hydrogen-bond donors (Lipinski definition) is 3. The summed E-state index contributed by atoms with van der Waals surface area (Å²) in [5.74, 6) is -3.31. The molecule has 2 fully saturated rings. The molecule has 2 aliphatic rings. The van der Waals surface area contributed by atoms with Gasteiger partial charge in [-0.25, -0.2) is 19.6 Å². The van der Waals surface area contributed by atoms with Crippen LogP contribution in [-0.4, -0.2) is 79.5 Å². The minimum Gasteiger partial charge on any atom is -0.475 e. The van der Waals surface area contributed by atoms with Crippen molar-refractivity contribution >= 4 is 34.7 Å². The van der Waals surface area contributed by atoms with Crippen molar-refractivity contribution in [3.05, 3.63) is 53.5 Å². The van der Waals surface area contributed by atoms with Gasteiger partial charge in [-0.2, -0.15) is 26.3 Å². The van der Waals surface area contributed by atoms with Crippen LogP contribution < -0.4 is 5.32 Å². The van der Waals surface area contributed by atoms with Crippen LogP contribution in [0.3, 0.4) is 0 Å². The van der Waals surface area contributed by atoms with E-state index in [0.29, 0.717) is 12.0 Å². The SMILES string of the molecule is Cc1ccccc1C(=O)N1CCC(c2cc3c(ncn3C(C)C)c(NCC3CC3)n2)CC1.O=C(O)C(F)(F)F.O=C(O)C(F)(F)F. The van der Waals surface area contributed by atoms with Gasteiger partial charge in [0.1, 0.15) is 5.52 Å². The van der Waals surface area contributed by atoms with Gasteiger partial charge in [0.05, 0.1) is 11.8 Å². The normalized spacial score (nSPS) is 15.5. The van der Waals surface area contributed by atoms with Crippen LogP contribution in [0.15, 0.2) is 36.7 Å². The van der Waals surface area contributed by atoms with E-state index in [1.54, 1.807) is 0 Å². The zero-order valence-corrected chi connectivity index (χ0v) is 25.3. The Kier molecular flexibility index (Phi) is 11.6. The highest BCUT2D eigenvalue weighted by Crippen LogP contribution is 2.34. The number of aromatic nitrogens is 3. The second-order valence-electron chi connectivity index (χ2n) is 11.3. The van der Waals surface area contributed by atoms with Gasteiger partial charge in [0, 0.05) is 42.9 Å². The van der Waals surface area contributed by atoms with E-state index in [2.05, 4.69) is 34.8 Å². The van der Waals surface area contributed by atoms with Crippen molar-refractivity contribution in [2.24, 2.45) is 5.92 Å². The largest absolute Gasteiger partial charge is 0.490 e. The first-order valence-corrected chi connectivity index (χ1v) is 14.5. The Morgan fingerprint density at radius 1 is 0.957 bits per heavy atom. The molecule has 3 N–H and O–H groups in total. The molecule has 10 nitrogen and oxygen atoms in total. The monoisotopic (exact) mass is 659 g/mol. The highest BCUT2D eigenvalue weighted by atomic mass is 19.4. The number of halogens is 6. The number of carboxylic acid groups (broad SMARTS) is 2. The number of nitrogens with one attached hydrogen (secondary N) is 1.